The first-order valence-electron chi connectivity index (χ1n) is 7.57. The highest BCUT2D eigenvalue weighted by Gasteiger charge is 2.25. The molecule has 0 aliphatic carbocycles. The summed E-state index contributed by atoms with van der Waals surface area (Å²) in [5, 5.41) is 3.73. The van der Waals surface area contributed by atoms with Crippen molar-refractivity contribution in [2.24, 2.45) is 11.8 Å². The average molecular weight is 256 g/mol. The maximum Gasteiger partial charge on any atom is 0.0509 e. The fraction of sp³-hybridized carbons (Fsp3) is 1.00. The largest absolute Gasteiger partial charge is 0.381 e. The highest BCUT2D eigenvalue weighted by atomic mass is 16.5. The van der Waals surface area contributed by atoms with E-state index in [1.165, 1.54) is 19.3 Å². The molecule has 0 amide bonds. The molecule has 3 nitrogen and oxygen atoms in total. The molecule has 0 aromatic rings. The van der Waals surface area contributed by atoms with E-state index in [-0.39, 0.29) is 0 Å². The molecule has 1 N–H and O–H groups in total. The molecule has 0 bridgehead atoms. The van der Waals surface area contributed by atoms with Crippen LogP contribution in [-0.4, -0.2) is 50.8 Å². The monoisotopic (exact) mass is 256 g/mol. The number of likely N-dealkylation sites (N-methyl/N-ethyl adjacent to an activating group) is 1. The Morgan fingerprint density at radius 1 is 1.28 bits per heavy atom. The summed E-state index contributed by atoms with van der Waals surface area (Å²) in [5.41, 5.74) is 0. The van der Waals surface area contributed by atoms with Crippen molar-refractivity contribution in [1.29, 1.82) is 0 Å². The third kappa shape index (κ3) is 4.52. The van der Waals surface area contributed by atoms with Gasteiger partial charge in [-0.05, 0) is 39.3 Å². The van der Waals surface area contributed by atoms with Gasteiger partial charge in [0.2, 0.25) is 0 Å². The Kier molecular flexibility index (Phi) is 7.20. The number of hydrogen-bond donors (Lipinski definition) is 1. The second-order valence-electron chi connectivity index (χ2n) is 5.93. The van der Waals surface area contributed by atoms with Crippen molar-refractivity contribution in [3.8, 4) is 0 Å². The Morgan fingerprint density at radius 2 is 1.94 bits per heavy atom. The SMILES string of the molecule is CCC(CC)C(CNC(C)C1CCOC1)N(C)C. The van der Waals surface area contributed by atoms with Gasteiger partial charge in [-0.3, -0.25) is 0 Å². The molecule has 18 heavy (non-hydrogen) atoms. The van der Waals surface area contributed by atoms with Crippen LogP contribution in [0.15, 0.2) is 0 Å². The van der Waals surface area contributed by atoms with Crippen molar-refractivity contribution in [3.63, 3.8) is 0 Å². The zero-order chi connectivity index (χ0) is 13.5. The van der Waals surface area contributed by atoms with Gasteiger partial charge in [0.25, 0.3) is 0 Å². The summed E-state index contributed by atoms with van der Waals surface area (Å²) in [4.78, 5) is 2.38. The van der Waals surface area contributed by atoms with Crippen LogP contribution in [0, 0.1) is 11.8 Å². The molecule has 0 aromatic heterocycles. The smallest absolute Gasteiger partial charge is 0.0509 e. The van der Waals surface area contributed by atoms with E-state index in [1.54, 1.807) is 0 Å². The van der Waals surface area contributed by atoms with E-state index >= 15 is 0 Å². The molecule has 3 unspecified atom stereocenters. The first-order valence-corrected chi connectivity index (χ1v) is 7.57. The highest BCUT2D eigenvalue weighted by molar-refractivity contribution is 4.81. The Morgan fingerprint density at radius 3 is 2.39 bits per heavy atom. The molecule has 1 aliphatic rings. The molecule has 3 heteroatoms. The van der Waals surface area contributed by atoms with Crippen molar-refractivity contribution >= 4 is 0 Å². The Balaban J connectivity index is 2.40. The zero-order valence-corrected chi connectivity index (χ0v) is 12.9. The van der Waals surface area contributed by atoms with Crippen molar-refractivity contribution in [2.75, 3.05) is 33.9 Å². The molecule has 1 aliphatic heterocycles. The van der Waals surface area contributed by atoms with Crippen molar-refractivity contribution in [2.45, 2.75) is 52.1 Å². The lowest BCUT2D eigenvalue weighted by Gasteiger charge is -2.33. The number of hydrogen-bond acceptors (Lipinski definition) is 3. The molecule has 0 saturated carbocycles. The standard InChI is InChI=1S/C15H32N2O/c1-6-13(7-2)15(17(4)5)10-16-12(3)14-8-9-18-11-14/h12-16H,6-11H2,1-5H3. The lowest BCUT2D eigenvalue weighted by Crippen LogP contribution is -2.47. The summed E-state index contributed by atoms with van der Waals surface area (Å²) in [6.45, 7) is 9.89. The maximum absolute atomic E-state index is 5.47. The van der Waals surface area contributed by atoms with Crippen LogP contribution in [0.5, 0.6) is 0 Å². The summed E-state index contributed by atoms with van der Waals surface area (Å²) in [7, 11) is 4.40. The van der Waals surface area contributed by atoms with Crippen LogP contribution in [0.2, 0.25) is 0 Å². The fourth-order valence-corrected chi connectivity index (χ4v) is 3.02. The van der Waals surface area contributed by atoms with E-state index in [1.807, 2.05) is 0 Å². The molecule has 1 saturated heterocycles. The van der Waals surface area contributed by atoms with E-state index in [9.17, 15) is 0 Å². The third-order valence-electron chi connectivity index (χ3n) is 4.58. The van der Waals surface area contributed by atoms with Crippen molar-refractivity contribution in [1.82, 2.24) is 10.2 Å². The normalized spacial score (nSPS) is 23.8. The maximum atomic E-state index is 5.47. The van der Waals surface area contributed by atoms with Gasteiger partial charge in [0.15, 0.2) is 0 Å². The minimum atomic E-state index is 0.573. The van der Waals surface area contributed by atoms with Crippen LogP contribution >= 0.6 is 0 Å². The van der Waals surface area contributed by atoms with Crippen molar-refractivity contribution < 1.29 is 4.74 Å². The quantitative estimate of drug-likeness (QED) is 0.721. The molecule has 3 atom stereocenters. The van der Waals surface area contributed by atoms with Gasteiger partial charge in [0, 0.05) is 25.2 Å². The van der Waals surface area contributed by atoms with E-state index in [2.05, 4.69) is 45.1 Å². The number of rotatable bonds is 8. The average Bonchev–Trinajstić information content (AvgIpc) is 2.87. The number of ether oxygens (including phenoxy) is 1. The minimum Gasteiger partial charge on any atom is -0.381 e. The summed E-state index contributed by atoms with van der Waals surface area (Å²) >= 11 is 0. The molecular formula is C15H32N2O. The molecule has 0 radical (unpaired) electrons. The molecular weight excluding hydrogens is 224 g/mol. The van der Waals surface area contributed by atoms with Crippen LogP contribution in [0.25, 0.3) is 0 Å². The van der Waals surface area contributed by atoms with E-state index < -0.39 is 0 Å². The van der Waals surface area contributed by atoms with Gasteiger partial charge in [-0.25, -0.2) is 0 Å². The summed E-state index contributed by atoms with van der Waals surface area (Å²) in [5.74, 6) is 1.49. The Hall–Kier alpha value is -0.120. The van der Waals surface area contributed by atoms with Gasteiger partial charge >= 0.3 is 0 Å². The second-order valence-corrected chi connectivity index (χ2v) is 5.93. The third-order valence-corrected chi connectivity index (χ3v) is 4.58. The minimum absolute atomic E-state index is 0.573. The van der Waals surface area contributed by atoms with Gasteiger partial charge in [0.05, 0.1) is 6.61 Å². The number of nitrogens with one attached hydrogen (secondary N) is 1. The summed E-state index contributed by atoms with van der Waals surface area (Å²) in [6.07, 6.45) is 3.75. The predicted molar refractivity (Wildman–Crippen MR) is 77.9 cm³/mol. The summed E-state index contributed by atoms with van der Waals surface area (Å²) < 4.78 is 5.47. The van der Waals surface area contributed by atoms with Gasteiger partial charge in [-0.2, -0.15) is 0 Å². The molecule has 1 heterocycles. The summed E-state index contributed by atoms with van der Waals surface area (Å²) in [6, 6.07) is 1.22. The first-order chi connectivity index (χ1) is 8.60. The Bertz CT molecular complexity index is 211. The van der Waals surface area contributed by atoms with Crippen LogP contribution in [-0.2, 0) is 4.74 Å². The predicted octanol–water partition coefficient (Wildman–Crippen LogP) is 2.37. The van der Waals surface area contributed by atoms with Crippen LogP contribution in [0.4, 0.5) is 0 Å². The van der Waals surface area contributed by atoms with E-state index in [4.69, 9.17) is 4.74 Å². The van der Waals surface area contributed by atoms with Gasteiger partial charge < -0.3 is 15.0 Å². The molecule has 108 valence electrons. The van der Waals surface area contributed by atoms with E-state index in [0.717, 1.165) is 25.7 Å². The van der Waals surface area contributed by atoms with Crippen LogP contribution in [0.3, 0.4) is 0 Å². The molecule has 1 rings (SSSR count). The molecule has 0 spiro atoms. The van der Waals surface area contributed by atoms with Gasteiger partial charge in [-0.15, -0.1) is 0 Å². The van der Waals surface area contributed by atoms with E-state index in [0.29, 0.717) is 18.0 Å². The Labute approximate surface area is 113 Å². The lowest BCUT2D eigenvalue weighted by molar-refractivity contribution is 0.166. The van der Waals surface area contributed by atoms with Crippen LogP contribution < -0.4 is 5.32 Å². The highest BCUT2D eigenvalue weighted by Crippen LogP contribution is 2.19. The van der Waals surface area contributed by atoms with Crippen molar-refractivity contribution in [3.05, 3.63) is 0 Å². The molecule has 1 fully saturated rings. The molecule has 0 aromatic carbocycles. The zero-order valence-electron chi connectivity index (χ0n) is 12.9. The topological polar surface area (TPSA) is 24.5 Å². The van der Waals surface area contributed by atoms with Crippen LogP contribution in [0.1, 0.15) is 40.0 Å². The second kappa shape index (κ2) is 8.13. The number of nitrogens with zero attached hydrogens (tertiary/aromatic N) is 1. The first kappa shape index (κ1) is 15.9. The lowest BCUT2D eigenvalue weighted by atomic mass is 9.92. The fourth-order valence-electron chi connectivity index (χ4n) is 3.02. The van der Waals surface area contributed by atoms with Gasteiger partial charge in [0.1, 0.15) is 0 Å². The van der Waals surface area contributed by atoms with Gasteiger partial charge in [-0.1, -0.05) is 26.7 Å².